The normalized spacial score (nSPS) is 14.3. The van der Waals surface area contributed by atoms with Gasteiger partial charge in [0.25, 0.3) is 0 Å². The molecular formula is C17H19FN2O. The third kappa shape index (κ3) is 2.85. The van der Waals surface area contributed by atoms with Gasteiger partial charge in [-0.3, -0.25) is 0 Å². The van der Waals surface area contributed by atoms with Crippen molar-refractivity contribution in [2.45, 2.75) is 13.0 Å². The number of ether oxygens (including phenoxy) is 1. The Morgan fingerprint density at radius 3 is 2.90 bits per heavy atom. The Hall–Kier alpha value is -2.07. The summed E-state index contributed by atoms with van der Waals surface area (Å²) in [5, 5.41) is 3.11. The van der Waals surface area contributed by atoms with Crippen LogP contribution in [0.2, 0.25) is 0 Å². The SMILES string of the molecule is CNCc1cc(F)ccc1N1CCCOc2ccccc21. The van der Waals surface area contributed by atoms with E-state index in [-0.39, 0.29) is 5.82 Å². The van der Waals surface area contributed by atoms with Crippen molar-refractivity contribution in [2.24, 2.45) is 0 Å². The highest BCUT2D eigenvalue weighted by molar-refractivity contribution is 5.71. The summed E-state index contributed by atoms with van der Waals surface area (Å²) in [4.78, 5) is 2.22. The van der Waals surface area contributed by atoms with Gasteiger partial charge in [-0.2, -0.15) is 0 Å². The molecule has 1 aliphatic rings. The highest BCUT2D eigenvalue weighted by atomic mass is 19.1. The van der Waals surface area contributed by atoms with Gasteiger partial charge in [-0.1, -0.05) is 12.1 Å². The molecular weight excluding hydrogens is 267 g/mol. The van der Waals surface area contributed by atoms with Crippen LogP contribution in [0.25, 0.3) is 0 Å². The maximum atomic E-state index is 13.5. The molecule has 3 nitrogen and oxygen atoms in total. The number of para-hydroxylation sites is 2. The van der Waals surface area contributed by atoms with Crippen LogP contribution in [-0.4, -0.2) is 20.2 Å². The minimum absolute atomic E-state index is 0.205. The van der Waals surface area contributed by atoms with Gasteiger partial charge in [0, 0.05) is 18.8 Å². The van der Waals surface area contributed by atoms with Crippen molar-refractivity contribution in [1.29, 1.82) is 0 Å². The Morgan fingerprint density at radius 2 is 2.05 bits per heavy atom. The van der Waals surface area contributed by atoms with E-state index in [9.17, 15) is 4.39 Å². The van der Waals surface area contributed by atoms with E-state index < -0.39 is 0 Å². The molecule has 0 atom stereocenters. The molecule has 1 aliphatic heterocycles. The van der Waals surface area contributed by atoms with Gasteiger partial charge in [0.2, 0.25) is 0 Å². The van der Waals surface area contributed by atoms with Crippen molar-refractivity contribution in [3.63, 3.8) is 0 Å². The minimum atomic E-state index is -0.205. The summed E-state index contributed by atoms with van der Waals surface area (Å²) >= 11 is 0. The Labute approximate surface area is 124 Å². The van der Waals surface area contributed by atoms with Gasteiger partial charge >= 0.3 is 0 Å². The molecule has 3 rings (SSSR count). The quantitative estimate of drug-likeness (QED) is 0.935. The largest absolute Gasteiger partial charge is 0.491 e. The average molecular weight is 286 g/mol. The number of benzene rings is 2. The Kier molecular flexibility index (Phi) is 4.06. The van der Waals surface area contributed by atoms with Gasteiger partial charge in [-0.15, -0.1) is 0 Å². The van der Waals surface area contributed by atoms with Crippen LogP contribution >= 0.6 is 0 Å². The van der Waals surface area contributed by atoms with Crippen LogP contribution in [-0.2, 0) is 6.54 Å². The number of nitrogens with one attached hydrogen (secondary N) is 1. The molecule has 4 heteroatoms. The zero-order valence-electron chi connectivity index (χ0n) is 12.1. The second-order valence-corrected chi connectivity index (χ2v) is 5.12. The summed E-state index contributed by atoms with van der Waals surface area (Å²) in [7, 11) is 1.87. The second-order valence-electron chi connectivity index (χ2n) is 5.12. The van der Waals surface area contributed by atoms with Gasteiger partial charge in [-0.25, -0.2) is 4.39 Å². The summed E-state index contributed by atoms with van der Waals surface area (Å²) < 4.78 is 19.3. The number of nitrogens with zero attached hydrogens (tertiary/aromatic N) is 1. The predicted molar refractivity (Wildman–Crippen MR) is 82.7 cm³/mol. The fourth-order valence-corrected chi connectivity index (χ4v) is 2.73. The highest BCUT2D eigenvalue weighted by Gasteiger charge is 2.19. The van der Waals surface area contributed by atoms with Crippen molar-refractivity contribution in [3.05, 3.63) is 53.8 Å². The van der Waals surface area contributed by atoms with Crippen LogP contribution in [0, 0.1) is 5.82 Å². The molecule has 0 unspecified atom stereocenters. The fourth-order valence-electron chi connectivity index (χ4n) is 2.73. The van der Waals surface area contributed by atoms with E-state index in [1.54, 1.807) is 6.07 Å². The molecule has 0 aliphatic carbocycles. The van der Waals surface area contributed by atoms with Gasteiger partial charge in [0.05, 0.1) is 12.3 Å². The van der Waals surface area contributed by atoms with Crippen LogP contribution in [0.5, 0.6) is 5.75 Å². The molecule has 0 bridgehead atoms. The van der Waals surface area contributed by atoms with E-state index in [1.165, 1.54) is 6.07 Å². The van der Waals surface area contributed by atoms with E-state index >= 15 is 0 Å². The lowest BCUT2D eigenvalue weighted by Gasteiger charge is -2.26. The van der Waals surface area contributed by atoms with Crippen molar-refractivity contribution in [3.8, 4) is 5.75 Å². The van der Waals surface area contributed by atoms with Gasteiger partial charge in [-0.05, 0) is 49.4 Å². The van der Waals surface area contributed by atoms with Gasteiger partial charge < -0.3 is 15.0 Å². The molecule has 1 N–H and O–H groups in total. The lowest BCUT2D eigenvalue weighted by Crippen LogP contribution is -2.20. The Balaban J connectivity index is 2.07. The first-order chi connectivity index (χ1) is 10.3. The Morgan fingerprint density at radius 1 is 1.19 bits per heavy atom. The molecule has 0 saturated carbocycles. The fraction of sp³-hybridized carbons (Fsp3) is 0.294. The standard InChI is InChI=1S/C17H19FN2O/c1-19-12-13-11-14(18)7-8-15(13)20-9-4-10-21-17-6-3-2-5-16(17)20/h2-3,5-8,11,19H,4,9-10,12H2,1H3. The van der Waals surface area contributed by atoms with Crippen molar-refractivity contribution in [1.82, 2.24) is 5.32 Å². The van der Waals surface area contributed by atoms with Gasteiger partial charge in [0.15, 0.2) is 0 Å². The summed E-state index contributed by atoms with van der Waals surface area (Å²) in [5.74, 6) is 0.679. The summed E-state index contributed by atoms with van der Waals surface area (Å²) in [6, 6.07) is 13.0. The van der Waals surface area contributed by atoms with Crippen LogP contribution in [0.1, 0.15) is 12.0 Å². The summed E-state index contributed by atoms with van der Waals surface area (Å²) in [6.45, 7) is 2.20. The van der Waals surface area contributed by atoms with Gasteiger partial charge in [0.1, 0.15) is 11.6 Å². The lowest BCUT2D eigenvalue weighted by molar-refractivity contribution is 0.322. The predicted octanol–water partition coefficient (Wildman–Crippen LogP) is 3.47. The average Bonchev–Trinajstić information content (AvgIpc) is 2.70. The van der Waals surface area contributed by atoms with Crippen LogP contribution in [0.15, 0.2) is 42.5 Å². The first-order valence-electron chi connectivity index (χ1n) is 7.22. The number of rotatable bonds is 3. The molecule has 110 valence electrons. The Bertz CT molecular complexity index is 630. The number of anilines is 2. The number of hydrogen-bond donors (Lipinski definition) is 1. The summed E-state index contributed by atoms with van der Waals surface area (Å²) in [6.07, 6.45) is 0.936. The van der Waals surface area contributed by atoms with Crippen LogP contribution in [0.4, 0.5) is 15.8 Å². The highest BCUT2D eigenvalue weighted by Crippen LogP contribution is 2.37. The monoisotopic (exact) mass is 286 g/mol. The molecule has 0 saturated heterocycles. The minimum Gasteiger partial charge on any atom is -0.491 e. The zero-order chi connectivity index (χ0) is 14.7. The van der Waals surface area contributed by atoms with E-state index in [2.05, 4.69) is 10.2 Å². The number of fused-ring (bicyclic) bond motifs is 1. The van der Waals surface area contributed by atoms with Crippen LogP contribution in [0.3, 0.4) is 0 Å². The maximum absolute atomic E-state index is 13.5. The molecule has 1 heterocycles. The van der Waals surface area contributed by atoms with Crippen molar-refractivity contribution in [2.75, 3.05) is 25.1 Å². The van der Waals surface area contributed by atoms with Crippen LogP contribution < -0.4 is 15.0 Å². The number of hydrogen-bond acceptors (Lipinski definition) is 3. The molecule has 2 aromatic rings. The maximum Gasteiger partial charge on any atom is 0.142 e. The first kappa shape index (κ1) is 13.9. The molecule has 0 radical (unpaired) electrons. The first-order valence-corrected chi connectivity index (χ1v) is 7.22. The van der Waals surface area contributed by atoms with E-state index in [4.69, 9.17) is 4.74 Å². The molecule has 21 heavy (non-hydrogen) atoms. The number of halogens is 1. The summed E-state index contributed by atoms with van der Waals surface area (Å²) in [5.41, 5.74) is 3.02. The van der Waals surface area contributed by atoms with E-state index in [0.29, 0.717) is 13.2 Å². The smallest absolute Gasteiger partial charge is 0.142 e. The lowest BCUT2D eigenvalue weighted by atomic mass is 10.1. The zero-order valence-corrected chi connectivity index (χ0v) is 12.1. The third-order valence-corrected chi connectivity index (χ3v) is 3.64. The molecule has 0 amide bonds. The third-order valence-electron chi connectivity index (χ3n) is 3.64. The molecule has 0 fully saturated rings. The molecule has 0 spiro atoms. The molecule has 2 aromatic carbocycles. The van der Waals surface area contributed by atoms with E-state index in [1.807, 2.05) is 37.4 Å². The topological polar surface area (TPSA) is 24.5 Å². The van der Waals surface area contributed by atoms with Crippen molar-refractivity contribution < 1.29 is 9.13 Å². The second kappa shape index (κ2) is 6.14. The van der Waals surface area contributed by atoms with Crippen molar-refractivity contribution >= 4 is 11.4 Å². The molecule has 0 aromatic heterocycles. The van der Waals surface area contributed by atoms with E-state index in [0.717, 1.165) is 35.7 Å².